The second-order valence-electron chi connectivity index (χ2n) is 12.3. The average molecular weight is 568 g/mol. The van der Waals surface area contributed by atoms with E-state index in [4.69, 9.17) is 5.73 Å². The minimum Gasteiger partial charge on any atom is -0.333 e. The number of nitrogens with zero attached hydrogens (tertiary/aromatic N) is 1. The Morgan fingerprint density at radius 3 is 2.39 bits per heavy atom. The van der Waals surface area contributed by atoms with Crippen LogP contribution in [-0.2, 0) is 22.4 Å². The highest BCUT2D eigenvalue weighted by atomic mass is 19.3. The number of urea groups is 1. The fourth-order valence-corrected chi connectivity index (χ4v) is 6.33. The molecule has 3 aliphatic rings. The molecule has 1 heterocycles. The van der Waals surface area contributed by atoms with Gasteiger partial charge in [-0.25, -0.2) is 13.6 Å². The standard InChI is InChI=1S/C31H39F2N5O3/c1-18(2)25-17-38(29(41)37-25)30(28(40)36-24-7-5-4-6-19(24)3)15-21-8-9-23(14-22(21)16-30)35-27(39)26(34)20-10-12-31(32,33)13-11-20/h4-9,14,18,20,25-26H,10-13,15-17,34H2,1-3H3,(H,35,39)(H,36,40)(H,37,41)/t25-,26-,30?/m0/s1. The normalized spacial score (nSPS) is 24.6. The summed E-state index contributed by atoms with van der Waals surface area (Å²) in [5, 5.41) is 8.96. The minimum absolute atomic E-state index is 0.0783. The Labute approximate surface area is 239 Å². The van der Waals surface area contributed by atoms with Crippen LogP contribution >= 0.6 is 0 Å². The summed E-state index contributed by atoms with van der Waals surface area (Å²) in [4.78, 5) is 41.9. The van der Waals surface area contributed by atoms with Crippen molar-refractivity contribution in [3.63, 3.8) is 0 Å². The maximum Gasteiger partial charge on any atom is 0.318 e. The molecule has 2 aromatic carbocycles. The Kier molecular flexibility index (Phi) is 7.80. The van der Waals surface area contributed by atoms with Gasteiger partial charge in [-0.3, -0.25) is 9.59 Å². The molecule has 0 radical (unpaired) electrons. The molecule has 8 nitrogen and oxygen atoms in total. The quantitative estimate of drug-likeness (QED) is 0.391. The zero-order valence-corrected chi connectivity index (χ0v) is 23.8. The maximum atomic E-state index is 14.1. The Bertz CT molecular complexity index is 1340. The first-order valence-electron chi connectivity index (χ1n) is 14.4. The summed E-state index contributed by atoms with van der Waals surface area (Å²) in [7, 11) is 0. The number of aryl methyl sites for hydroxylation is 1. The molecular weight excluding hydrogens is 528 g/mol. The predicted octanol–water partition coefficient (Wildman–Crippen LogP) is 4.61. The third-order valence-electron chi connectivity index (χ3n) is 9.08. The number of anilines is 2. The van der Waals surface area contributed by atoms with E-state index < -0.39 is 23.4 Å². The van der Waals surface area contributed by atoms with Crippen LogP contribution in [0.4, 0.5) is 25.0 Å². The Balaban J connectivity index is 1.37. The maximum absolute atomic E-state index is 14.1. The van der Waals surface area contributed by atoms with Gasteiger partial charge >= 0.3 is 6.03 Å². The molecular formula is C31H39F2N5O3. The minimum atomic E-state index is -2.69. The summed E-state index contributed by atoms with van der Waals surface area (Å²) >= 11 is 0. The van der Waals surface area contributed by atoms with Crippen LogP contribution in [0.1, 0.15) is 56.2 Å². The van der Waals surface area contributed by atoms with Crippen molar-refractivity contribution < 1.29 is 23.2 Å². The van der Waals surface area contributed by atoms with Gasteiger partial charge in [0.25, 0.3) is 5.91 Å². The molecule has 0 bridgehead atoms. The number of amides is 4. The Hall–Kier alpha value is -3.53. The molecule has 1 saturated carbocycles. The summed E-state index contributed by atoms with van der Waals surface area (Å²) in [6, 6.07) is 11.7. The molecule has 220 valence electrons. The lowest BCUT2D eigenvalue weighted by Gasteiger charge is -2.37. The van der Waals surface area contributed by atoms with E-state index in [2.05, 4.69) is 16.0 Å². The first kappa shape index (κ1) is 29.0. The predicted molar refractivity (Wildman–Crippen MR) is 154 cm³/mol. The second-order valence-corrected chi connectivity index (χ2v) is 12.3. The van der Waals surface area contributed by atoms with E-state index in [9.17, 15) is 23.2 Å². The van der Waals surface area contributed by atoms with Crippen molar-refractivity contribution >= 4 is 29.2 Å². The van der Waals surface area contributed by atoms with Crippen LogP contribution in [0.2, 0.25) is 0 Å². The number of rotatable bonds is 7. The zero-order chi connectivity index (χ0) is 29.5. The van der Waals surface area contributed by atoms with Gasteiger partial charge < -0.3 is 26.6 Å². The molecule has 0 spiro atoms. The third-order valence-corrected chi connectivity index (χ3v) is 9.08. The summed E-state index contributed by atoms with van der Waals surface area (Å²) in [6.07, 6.45) is 0.519. The van der Waals surface area contributed by atoms with Gasteiger partial charge in [-0.15, -0.1) is 0 Å². The van der Waals surface area contributed by atoms with Crippen LogP contribution in [0.15, 0.2) is 42.5 Å². The second kappa shape index (κ2) is 11.0. The summed E-state index contributed by atoms with van der Waals surface area (Å²) in [5.41, 5.74) is 8.94. The van der Waals surface area contributed by atoms with Crippen molar-refractivity contribution in [1.29, 1.82) is 0 Å². The number of fused-ring (bicyclic) bond motifs is 1. The zero-order valence-electron chi connectivity index (χ0n) is 23.8. The van der Waals surface area contributed by atoms with Gasteiger partial charge in [0.2, 0.25) is 11.8 Å². The summed E-state index contributed by atoms with van der Waals surface area (Å²) in [5.74, 6) is -3.47. The molecule has 4 amide bonds. The number of para-hydroxylation sites is 1. The molecule has 3 atom stereocenters. The first-order valence-corrected chi connectivity index (χ1v) is 14.4. The molecule has 41 heavy (non-hydrogen) atoms. The van der Waals surface area contributed by atoms with Crippen LogP contribution in [-0.4, -0.2) is 52.8 Å². The van der Waals surface area contributed by atoms with E-state index >= 15 is 0 Å². The van der Waals surface area contributed by atoms with E-state index in [1.165, 1.54) is 0 Å². The van der Waals surface area contributed by atoms with Crippen LogP contribution in [0.3, 0.4) is 0 Å². The fourth-order valence-electron chi connectivity index (χ4n) is 6.33. The number of nitrogens with two attached hydrogens (primary N) is 1. The van der Waals surface area contributed by atoms with E-state index in [-0.39, 0.29) is 61.9 Å². The van der Waals surface area contributed by atoms with Crippen molar-refractivity contribution in [2.24, 2.45) is 17.6 Å². The van der Waals surface area contributed by atoms with Gasteiger partial charge in [0.15, 0.2) is 0 Å². The van der Waals surface area contributed by atoms with E-state index in [0.717, 1.165) is 16.7 Å². The summed E-state index contributed by atoms with van der Waals surface area (Å²) in [6.45, 7) is 6.40. The van der Waals surface area contributed by atoms with Crippen molar-refractivity contribution in [2.75, 3.05) is 17.2 Å². The average Bonchev–Trinajstić information content (AvgIpc) is 3.51. The van der Waals surface area contributed by atoms with Gasteiger partial charge in [0.1, 0.15) is 5.54 Å². The first-order chi connectivity index (χ1) is 19.4. The van der Waals surface area contributed by atoms with Gasteiger partial charge in [0.05, 0.1) is 12.1 Å². The lowest BCUT2D eigenvalue weighted by Crippen LogP contribution is -2.59. The van der Waals surface area contributed by atoms with Crippen molar-refractivity contribution in [2.45, 2.75) is 82.8 Å². The highest BCUT2D eigenvalue weighted by Crippen LogP contribution is 2.40. The monoisotopic (exact) mass is 567 g/mol. The number of carbonyl (C=O) groups excluding carboxylic acids is 3. The van der Waals surface area contributed by atoms with Crippen molar-refractivity contribution in [3.05, 3.63) is 59.2 Å². The highest BCUT2D eigenvalue weighted by molar-refractivity contribution is 6.02. The number of hydrogen-bond donors (Lipinski definition) is 4. The number of nitrogens with one attached hydrogen (secondary N) is 3. The number of benzene rings is 2. The van der Waals surface area contributed by atoms with Gasteiger partial charge in [-0.1, -0.05) is 38.1 Å². The highest BCUT2D eigenvalue weighted by Gasteiger charge is 2.53. The fraction of sp³-hybridized carbons (Fsp3) is 0.516. The molecule has 5 N–H and O–H groups in total. The van der Waals surface area contributed by atoms with Crippen LogP contribution in [0, 0.1) is 18.8 Å². The largest absolute Gasteiger partial charge is 0.333 e. The topological polar surface area (TPSA) is 117 Å². The van der Waals surface area contributed by atoms with Gasteiger partial charge in [0, 0.05) is 43.6 Å². The molecule has 5 rings (SSSR count). The van der Waals surface area contributed by atoms with Gasteiger partial charge in [-0.2, -0.15) is 0 Å². The lowest BCUT2D eigenvalue weighted by atomic mass is 9.82. The molecule has 1 unspecified atom stereocenters. The molecule has 0 aromatic heterocycles. The number of hydrogen-bond acceptors (Lipinski definition) is 4. The SMILES string of the molecule is Cc1ccccc1NC(=O)C1(N2C[C@@H](C(C)C)NC2=O)Cc2ccc(NC(=O)[C@@H](N)C3CCC(F)(F)CC3)cc2C1. The number of carbonyl (C=O) groups is 3. The Morgan fingerprint density at radius 2 is 1.73 bits per heavy atom. The summed E-state index contributed by atoms with van der Waals surface area (Å²) < 4.78 is 27.2. The third kappa shape index (κ3) is 5.80. The van der Waals surface area contributed by atoms with Crippen LogP contribution < -0.4 is 21.7 Å². The van der Waals surface area contributed by atoms with Crippen molar-refractivity contribution in [1.82, 2.24) is 10.2 Å². The van der Waals surface area contributed by atoms with E-state index in [1.54, 1.807) is 11.0 Å². The smallest absolute Gasteiger partial charge is 0.318 e. The molecule has 2 aliphatic carbocycles. The Morgan fingerprint density at radius 1 is 1.05 bits per heavy atom. The molecule has 10 heteroatoms. The van der Waals surface area contributed by atoms with Gasteiger partial charge in [-0.05, 0) is 66.5 Å². The van der Waals surface area contributed by atoms with E-state index in [1.807, 2.05) is 57.2 Å². The number of alkyl halides is 2. The molecule has 2 fully saturated rings. The molecule has 2 aromatic rings. The van der Waals surface area contributed by atoms with Crippen LogP contribution in [0.25, 0.3) is 0 Å². The van der Waals surface area contributed by atoms with Crippen molar-refractivity contribution in [3.8, 4) is 0 Å². The molecule has 1 saturated heterocycles. The number of halogens is 2. The molecule has 1 aliphatic heterocycles. The van der Waals surface area contributed by atoms with Crippen LogP contribution in [0.5, 0.6) is 0 Å². The lowest BCUT2D eigenvalue weighted by molar-refractivity contribution is -0.125. The van der Waals surface area contributed by atoms with E-state index in [0.29, 0.717) is 24.3 Å².